The van der Waals surface area contributed by atoms with Gasteiger partial charge in [-0.05, 0) is 54.9 Å². The van der Waals surface area contributed by atoms with Crippen molar-refractivity contribution in [1.82, 2.24) is 25.5 Å². The molecule has 0 saturated carbocycles. The first-order chi connectivity index (χ1) is 10.2. The van der Waals surface area contributed by atoms with Crippen molar-refractivity contribution in [2.45, 2.75) is 32.2 Å². The highest BCUT2D eigenvalue weighted by atomic mass is 16.2. The maximum Gasteiger partial charge on any atom is 0.241 e. The third-order valence-corrected chi connectivity index (χ3v) is 3.61. The molecule has 110 valence electrons. The number of benzene rings is 1. The van der Waals surface area contributed by atoms with E-state index in [-0.39, 0.29) is 11.9 Å². The summed E-state index contributed by atoms with van der Waals surface area (Å²) in [6.07, 6.45) is 3.12. The lowest BCUT2D eigenvalue weighted by molar-refractivity contribution is -0.118. The lowest BCUT2D eigenvalue weighted by atomic mass is 10.0. The zero-order valence-corrected chi connectivity index (χ0v) is 11.9. The van der Waals surface area contributed by atoms with Crippen molar-refractivity contribution in [2.75, 3.05) is 11.9 Å². The smallest absolute Gasteiger partial charge is 0.241 e. The molecule has 1 aliphatic rings. The highest BCUT2D eigenvalue weighted by molar-refractivity contribution is 5.95. The second-order valence-corrected chi connectivity index (χ2v) is 5.18. The molecule has 7 nitrogen and oxygen atoms in total. The molecule has 1 aromatic carbocycles. The summed E-state index contributed by atoms with van der Waals surface area (Å²) < 4.78 is 1.63. The Bertz CT molecular complexity index is 632. The van der Waals surface area contributed by atoms with Gasteiger partial charge in [0.25, 0.3) is 0 Å². The lowest BCUT2D eigenvalue weighted by Crippen LogP contribution is -2.43. The molecule has 7 heteroatoms. The summed E-state index contributed by atoms with van der Waals surface area (Å²) in [7, 11) is 0. The average molecular weight is 286 g/mol. The van der Waals surface area contributed by atoms with E-state index < -0.39 is 0 Å². The molecule has 1 saturated heterocycles. The molecule has 1 aliphatic heterocycles. The quantitative estimate of drug-likeness (QED) is 0.881. The van der Waals surface area contributed by atoms with Crippen molar-refractivity contribution in [2.24, 2.45) is 0 Å². The molecule has 21 heavy (non-hydrogen) atoms. The third-order valence-electron chi connectivity index (χ3n) is 3.61. The summed E-state index contributed by atoms with van der Waals surface area (Å²) >= 11 is 0. The number of carbonyl (C=O) groups excluding carboxylic acids is 1. The van der Waals surface area contributed by atoms with Gasteiger partial charge in [0, 0.05) is 5.69 Å². The Morgan fingerprint density at radius 2 is 2.33 bits per heavy atom. The molecule has 1 fully saturated rings. The van der Waals surface area contributed by atoms with E-state index in [9.17, 15) is 4.79 Å². The number of rotatable bonds is 3. The van der Waals surface area contributed by atoms with Gasteiger partial charge in [-0.1, -0.05) is 12.5 Å². The second-order valence-electron chi connectivity index (χ2n) is 5.18. The number of amides is 1. The maximum absolute atomic E-state index is 12.2. The summed E-state index contributed by atoms with van der Waals surface area (Å²) in [5.74, 6) is 0.715. The van der Waals surface area contributed by atoms with Gasteiger partial charge in [-0.2, -0.15) is 4.68 Å². The van der Waals surface area contributed by atoms with Crippen molar-refractivity contribution in [3.05, 3.63) is 30.1 Å². The summed E-state index contributed by atoms with van der Waals surface area (Å²) in [5.41, 5.74) is 1.58. The van der Waals surface area contributed by atoms with Gasteiger partial charge < -0.3 is 10.6 Å². The largest absolute Gasteiger partial charge is 0.325 e. The molecule has 3 rings (SSSR count). The number of piperidine rings is 1. The van der Waals surface area contributed by atoms with E-state index in [0.29, 0.717) is 5.82 Å². The minimum absolute atomic E-state index is 0.0142. The van der Waals surface area contributed by atoms with Gasteiger partial charge in [0.05, 0.1) is 11.7 Å². The van der Waals surface area contributed by atoms with Gasteiger partial charge >= 0.3 is 0 Å². The number of carbonyl (C=O) groups is 1. The molecule has 0 radical (unpaired) electrons. The van der Waals surface area contributed by atoms with Crippen molar-refractivity contribution < 1.29 is 4.79 Å². The fraction of sp³-hybridized carbons (Fsp3) is 0.429. The Hall–Kier alpha value is -2.28. The maximum atomic E-state index is 12.2. The number of anilines is 1. The molecule has 2 N–H and O–H groups in total. The minimum Gasteiger partial charge on any atom is -0.325 e. The van der Waals surface area contributed by atoms with E-state index in [1.807, 2.05) is 31.2 Å². The molecule has 0 spiro atoms. The van der Waals surface area contributed by atoms with Crippen molar-refractivity contribution in [3.8, 4) is 5.69 Å². The molecule has 0 unspecified atom stereocenters. The van der Waals surface area contributed by atoms with Gasteiger partial charge in [0.15, 0.2) is 5.82 Å². The number of nitrogens with zero attached hydrogens (tertiary/aromatic N) is 4. The number of hydrogen-bond donors (Lipinski definition) is 2. The lowest BCUT2D eigenvalue weighted by Gasteiger charge is -2.22. The summed E-state index contributed by atoms with van der Waals surface area (Å²) in [6, 6.07) is 7.41. The highest BCUT2D eigenvalue weighted by Crippen LogP contribution is 2.16. The number of aromatic nitrogens is 4. The SMILES string of the molecule is Cc1nnnn1-c1cccc(NC(=O)[C@@H]2CCCCN2)c1. The van der Waals surface area contributed by atoms with E-state index >= 15 is 0 Å². The van der Waals surface area contributed by atoms with Crippen LogP contribution in [-0.2, 0) is 4.79 Å². The number of hydrogen-bond acceptors (Lipinski definition) is 5. The topological polar surface area (TPSA) is 84.7 Å². The monoisotopic (exact) mass is 286 g/mol. The fourth-order valence-corrected chi connectivity index (χ4v) is 2.49. The molecular formula is C14H18N6O. The van der Waals surface area contributed by atoms with Gasteiger partial charge in [0.1, 0.15) is 0 Å². The minimum atomic E-state index is -0.0998. The van der Waals surface area contributed by atoms with Crippen LogP contribution in [0.15, 0.2) is 24.3 Å². The van der Waals surface area contributed by atoms with Gasteiger partial charge in [-0.25, -0.2) is 0 Å². The normalized spacial score (nSPS) is 18.4. The van der Waals surface area contributed by atoms with Gasteiger partial charge in [-0.3, -0.25) is 4.79 Å². The number of tetrazole rings is 1. The highest BCUT2D eigenvalue weighted by Gasteiger charge is 2.20. The van der Waals surface area contributed by atoms with Gasteiger partial charge in [-0.15, -0.1) is 5.10 Å². The Balaban J connectivity index is 1.74. The molecule has 2 heterocycles. The number of aryl methyl sites for hydroxylation is 1. The first-order valence-electron chi connectivity index (χ1n) is 7.14. The predicted octanol–water partition coefficient (Wildman–Crippen LogP) is 1.05. The van der Waals surface area contributed by atoms with Crippen LogP contribution in [0.25, 0.3) is 5.69 Å². The molecule has 0 aliphatic carbocycles. The summed E-state index contributed by atoms with van der Waals surface area (Å²) in [6.45, 7) is 2.74. The van der Waals surface area contributed by atoms with Crippen LogP contribution >= 0.6 is 0 Å². The first kappa shape index (κ1) is 13.7. The zero-order valence-electron chi connectivity index (χ0n) is 11.9. The van der Waals surface area contributed by atoms with Crippen molar-refractivity contribution in [3.63, 3.8) is 0 Å². The Labute approximate surface area is 122 Å². The molecule has 2 aromatic rings. The van der Waals surface area contributed by atoms with E-state index in [1.54, 1.807) is 4.68 Å². The van der Waals surface area contributed by atoms with Crippen LogP contribution < -0.4 is 10.6 Å². The molecule has 1 atom stereocenters. The van der Waals surface area contributed by atoms with Crippen LogP contribution in [0.1, 0.15) is 25.1 Å². The van der Waals surface area contributed by atoms with Crippen LogP contribution in [0.5, 0.6) is 0 Å². The van der Waals surface area contributed by atoms with Crippen LogP contribution in [0, 0.1) is 6.92 Å². The standard InChI is InChI=1S/C14H18N6O/c1-10-17-18-19-20(10)12-6-4-5-11(9-12)16-14(21)13-7-2-3-8-15-13/h4-6,9,13,15H,2-3,7-8H2,1H3,(H,16,21)/t13-/m0/s1. The van der Waals surface area contributed by atoms with E-state index in [4.69, 9.17) is 0 Å². The third kappa shape index (κ3) is 3.08. The fourth-order valence-electron chi connectivity index (χ4n) is 2.49. The zero-order chi connectivity index (χ0) is 14.7. The molecule has 0 bridgehead atoms. The van der Waals surface area contributed by atoms with Crippen molar-refractivity contribution >= 4 is 11.6 Å². The van der Waals surface area contributed by atoms with Crippen LogP contribution in [-0.4, -0.2) is 38.7 Å². The van der Waals surface area contributed by atoms with E-state index in [0.717, 1.165) is 37.2 Å². The molecule has 1 amide bonds. The van der Waals surface area contributed by atoms with Crippen LogP contribution in [0.2, 0.25) is 0 Å². The Morgan fingerprint density at radius 3 is 3.05 bits per heavy atom. The first-order valence-corrected chi connectivity index (χ1v) is 7.14. The average Bonchev–Trinajstić information content (AvgIpc) is 2.94. The molecule has 1 aromatic heterocycles. The summed E-state index contributed by atoms with van der Waals surface area (Å²) in [4.78, 5) is 12.2. The van der Waals surface area contributed by atoms with E-state index in [1.165, 1.54) is 0 Å². The van der Waals surface area contributed by atoms with Gasteiger partial charge in [0.2, 0.25) is 5.91 Å². The Morgan fingerprint density at radius 1 is 1.43 bits per heavy atom. The Kier molecular flexibility index (Phi) is 3.92. The number of nitrogens with one attached hydrogen (secondary N) is 2. The van der Waals surface area contributed by atoms with Crippen molar-refractivity contribution in [1.29, 1.82) is 0 Å². The second kappa shape index (κ2) is 6.01. The van der Waals surface area contributed by atoms with E-state index in [2.05, 4.69) is 26.2 Å². The molecular weight excluding hydrogens is 268 g/mol. The summed E-state index contributed by atoms with van der Waals surface area (Å²) in [5, 5.41) is 17.6. The predicted molar refractivity (Wildman–Crippen MR) is 78.2 cm³/mol. The van der Waals surface area contributed by atoms with Crippen LogP contribution in [0.3, 0.4) is 0 Å². The van der Waals surface area contributed by atoms with Crippen LogP contribution in [0.4, 0.5) is 5.69 Å².